The topological polar surface area (TPSA) is 76.5 Å². The summed E-state index contributed by atoms with van der Waals surface area (Å²) in [7, 11) is 1.38. The Kier molecular flexibility index (Phi) is 6.23. The lowest BCUT2D eigenvalue weighted by molar-refractivity contribution is -0.128. The van der Waals surface area contributed by atoms with E-state index in [1.165, 1.54) is 7.11 Å². The lowest BCUT2D eigenvalue weighted by Crippen LogP contribution is -2.53. The number of esters is 1. The van der Waals surface area contributed by atoms with Crippen molar-refractivity contribution in [3.63, 3.8) is 0 Å². The van der Waals surface area contributed by atoms with E-state index in [4.69, 9.17) is 32.9 Å². The molecule has 1 saturated carbocycles. The van der Waals surface area contributed by atoms with Crippen molar-refractivity contribution in [3.8, 4) is 0 Å². The number of carbonyl (C=O) groups is 2. The van der Waals surface area contributed by atoms with Gasteiger partial charge in [-0.05, 0) is 80.0 Å². The van der Waals surface area contributed by atoms with Crippen LogP contribution in [0.2, 0.25) is 10.0 Å². The summed E-state index contributed by atoms with van der Waals surface area (Å²) in [6, 6.07) is 12.5. The number of ether oxygens (including phenoxy) is 1. The fraction of sp³-hybridized carbons (Fsp3) is 0.382. The molecule has 4 aliphatic rings. The van der Waals surface area contributed by atoms with Crippen LogP contribution in [-0.2, 0) is 21.6 Å². The number of hydrogen-bond acceptors (Lipinski definition) is 5. The average molecular weight is 634 g/mol. The van der Waals surface area contributed by atoms with Crippen LogP contribution in [0.25, 0.3) is 11.0 Å². The maximum absolute atomic E-state index is 16.3. The van der Waals surface area contributed by atoms with Gasteiger partial charge in [0.05, 0.1) is 28.7 Å². The molecule has 4 heterocycles. The van der Waals surface area contributed by atoms with Crippen LogP contribution in [0.4, 0.5) is 10.1 Å². The van der Waals surface area contributed by atoms with E-state index in [1.807, 2.05) is 26.0 Å². The molecule has 3 aromatic carbocycles. The summed E-state index contributed by atoms with van der Waals surface area (Å²) < 4.78 is 23.6. The van der Waals surface area contributed by atoms with Gasteiger partial charge in [0, 0.05) is 47.2 Å². The lowest BCUT2D eigenvalue weighted by atomic mass is 9.70. The van der Waals surface area contributed by atoms with Gasteiger partial charge in [-0.25, -0.2) is 14.2 Å². The smallest absolute Gasteiger partial charge is 0.338 e. The SMILES string of the molecule is COC(=O)c1c(C)cc2c(nc3n2CC[C@H]2[C@@H]3[C@H](c3cccc(Cl)c3F)[C@]3(C(=O)Nc4cc(Cl)ccc43)N2CC2CC2)c1C. The number of fused-ring (bicyclic) bond motifs is 7. The molecular weight excluding hydrogens is 602 g/mol. The number of aryl methyl sites for hydroxylation is 3. The number of hydrogen-bond donors (Lipinski definition) is 1. The Hall–Kier alpha value is -3.46. The van der Waals surface area contributed by atoms with Gasteiger partial charge in [-0.15, -0.1) is 0 Å². The largest absolute Gasteiger partial charge is 0.465 e. The third-order valence-electron chi connectivity index (χ3n) is 10.4. The van der Waals surface area contributed by atoms with E-state index in [9.17, 15) is 9.59 Å². The Morgan fingerprint density at radius 3 is 2.70 bits per heavy atom. The van der Waals surface area contributed by atoms with Crippen LogP contribution in [-0.4, -0.2) is 46.0 Å². The zero-order chi connectivity index (χ0) is 30.7. The Labute approximate surface area is 264 Å². The highest BCUT2D eigenvalue weighted by atomic mass is 35.5. The van der Waals surface area contributed by atoms with Crippen molar-refractivity contribution in [1.82, 2.24) is 14.5 Å². The number of amides is 1. The molecule has 10 heteroatoms. The first-order valence-corrected chi connectivity index (χ1v) is 15.8. The first-order valence-electron chi connectivity index (χ1n) is 15.1. The Bertz CT molecular complexity index is 1920. The van der Waals surface area contributed by atoms with Gasteiger partial charge in [-0.3, -0.25) is 9.69 Å². The summed E-state index contributed by atoms with van der Waals surface area (Å²) in [4.78, 5) is 35.0. The van der Waals surface area contributed by atoms with E-state index < -0.39 is 23.2 Å². The van der Waals surface area contributed by atoms with Gasteiger partial charge in [0.15, 0.2) is 0 Å². The standard InChI is InChI=1S/C34H31Cl2FN4O3/c1-16-13-25-30(17(2)26(16)32(42)44-3)39-31-27-24(11-12-40(25)31)41(15-18-7-8-18)34(28(27)20-5-4-6-22(36)29(20)37)21-10-9-19(35)14-23(21)38-33(34)43/h4-6,9-10,13-14,18,24,27-28H,7-8,11-12,15H2,1-3H3,(H,38,43)/t24-,27+,28-,34+/m0/s1. The number of likely N-dealkylation sites (tertiary alicyclic amines) is 1. The summed E-state index contributed by atoms with van der Waals surface area (Å²) in [6.45, 7) is 5.20. The molecule has 2 fully saturated rings. The number of rotatable bonds is 4. The average Bonchev–Trinajstić information content (AvgIpc) is 3.59. The van der Waals surface area contributed by atoms with Crippen molar-refractivity contribution in [2.45, 2.75) is 63.1 Å². The third-order valence-corrected chi connectivity index (χ3v) is 10.9. The van der Waals surface area contributed by atoms with Crippen molar-refractivity contribution in [1.29, 1.82) is 0 Å². The Morgan fingerprint density at radius 1 is 1.16 bits per heavy atom. The minimum Gasteiger partial charge on any atom is -0.465 e. The molecule has 0 unspecified atom stereocenters. The summed E-state index contributed by atoms with van der Waals surface area (Å²) in [5.41, 5.74) is 4.35. The molecule has 4 aromatic rings. The molecule has 1 amide bonds. The number of benzene rings is 3. The molecule has 1 spiro atoms. The summed E-state index contributed by atoms with van der Waals surface area (Å²) in [5.74, 6) is -0.823. The lowest BCUT2D eigenvalue weighted by Gasteiger charge is -2.40. The number of imidazole rings is 1. The molecule has 4 atom stereocenters. The molecular formula is C34H31Cl2FN4O3. The van der Waals surface area contributed by atoms with E-state index in [1.54, 1.807) is 30.3 Å². The molecule has 44 heavy (non-hydrogen) atoms. The summed E-state index contributed by atoms with van der Waals surface area (Å²) >= 11 is 12.9. The highest BCUT2D eigenvalue weighted by Gasteiger charge is 2.69. The number of aromatic nitrogens is 2. The molecule has 226 valence electrons. The molecule has 0 bridgehead atoms. The third kappa shape index (κ3) is 3.68. The minimum absolute atomic E-state index is 0.0167. The van der Waals surface area contributed by atoms with Gasteiger partial charge >= 0.3 is 5.97 Å². The Morgan fingerprint density at radius 2 is 1.95 bits per heavy atom. The first kappa shape index (κ1) is 28.0. The molecule has 1 aromatic heterocycles. The maximum atomic E-state index is 16.3. The molecule has 1 aliphatic carbocycles. The fourth-order valence-corrected chi connectivity index (χ4v) is 8.81. The highest BCUT2D eigenvalue weighted by Crippen LogP contribution is 2.64. The van der Waals surface area contributed by atoms with Gasteiger partial charge in [0.2, 0.25) is 5.91 Å². The van der Waals surface area contributed by atoms with Gasteiger partial charge in [-0.1, -0.05) is 41.4 Å². The molecule has 1 N–H and O–H groups in total. The monoisotopic (exact) mass is 632 g/mol. The van der Waals surface area contributed by atoms with Crippen molar-refractivity contribution >= 4 is 51.8 Å². The van der Waals surface area contributed by atoms with Crippen LogP contribution in [0.3, 0.4) is 0 Å². The van der Waals surface area contributed by atoms with E-state index in [0.29, 0.717) is 34.3 Å². The van der Waals surface area contributed by atoms with Crippen LogP contribution in [0.1, 0.15) is 69.5 Å². The fourth-order valence-electron chi connectivity index (χ4n) is 8.46. The minimum atomic E-state index is -1.20. The van der Waals surface area contributed by atoms with Crippen molar-refractivity contribution in [3.05, 3.63) is 92.0 Å². The molecule has 8 rings (SSSR count). The predicted octanol–water partition coefficient (Wildman–Crippen LogP) is 7.10. The second-order valence-corrected chi connectivity index (χ2v) is 13.5. The van der Waals surface area contributed by atoms with E-state index in [2.05, 4.69) is 14.8 Å². The first-order chi connectivity index (χ1) is 21.2. The number of methoxy groups -OCH3 is 1. The van der Waals surface area contributed by atoms with Crippen molar-refractivity contribution < 1.29 is 18.7 Å². The number of carbonyl (C=O) groups excluding carboxylic acids is 2. The quantitative estimate of drug-likeness (QED) is 0.243. The Balaban J connectivity index is 1.44. The van der Waals surface area contributed by atoms with E-state index >= 15 is 4.39 Å². The second kappa shape index (κ2) is 9.77. The molecule has 1 saturated heterocycles. The molecule has 7 nitrogen and oxygen atoms in total. The van der Waals surface area contributed by atoms with Gasteiger partial charge < -0.3 is 14.6 Å². The van der Waals surface area contributed by atoms with E-state index in [-0.39, 0.29) is 22.9 Å². The number of halogens is 3. The number of anilines is 1. The summed E-state index contributed by atoms with van der Waals surface area (Å²) in [6.07, 6.45) is 2.95. The van der Waals surface area contributed by atoms with Gasteiger partial charge in [0.25, 0.3) is 0 Å². The van der Waals surface area contributed by atoms with Crippen LogP contribution in [0.5, 0.6) is 0 Å². The van der Waals surface area contributed by atoms with Gasteiger partial charge in [-0.2, -0.15) is 0 Å². The van der Waals surface area contributed by atoms with Gasteiger partial charge in [0.1, 0.15) is 17.2 Å². The van der Waals surface area contributed by atoms with Crippen LogP contribution in [0, 0.1) is 25.6 Å². The molecule has 0 radical (unpaired) electrons. The van der Waals surface area contributed by atoms with Crippen LogP contribution >= 0.6 is 23.2 Å². The highest BCUT2D eigenvalue weighted by molar-refractivity contribution is 6.31. The van der Waals surface area contributed by atoms with Crippen molar-refractivity contribution in [2.75, 3.05) is 19.0 Å². The zero-order valence-corrected chi connectivity index (χ0v) is 26.1. The maximum Gasteiger partial charge on any atom is 0.338 e. The number of nitrogens with one attached hydrogen (secondary N) is 1. The van der Waals surface area contributed by atoms with E-state index in [0.717, 1.165) is 59.4 Å². The van der Waals surface area contributed by atoms with Crippen LogP contribution < -0.4 is 5.32 Å². The van der Waals surface area contributed by atoms with Crippen LogP contribution in [0.15, 0.2) is 42.5 Å². The zero-order valence-electron chi connectivity index (χ0n) is 24.6. The molecule has 3 aliphatic heterocycles. The normalized spacial score (nSPS) is 25.7. The van der Waals surface area contributed by atoms with Crippen molar-refractivity contribution in [2.24, 2.45) is 5.92 Å². The second-order valence-electron chi connectivity index (χ2n) is 12.7. The summed E-state index contributed by atoms with van der Waals surface area (Å²) in [5, 5.41) is 3.67. The predicted molar refractivity (Wildman–Crippen MR) is 167 cm³/mol. The number of nitrogens with zero attached hydrogens (tertiary/aromatic N) is 3.